The minimum atomic E-state index is -4.46. The summed E-state index contributed by atoms with van der Waals surface area (Å²) in [5.74, 6) is -0.298. The van der Waals surface area contributed by atoms with Crippen LogP contribution >= 0.6 is 0 Å². The molecule has 0 atom stereocenters. The lowest BCUT2D eigenvalue weighted by atomic mass is 10.1. The summed E-state index contributed by atoms with van der Waals surface area (Å²) in [7, 11) is 3.74. The molecule has 0 saturated carbocycles. The molecule has 0 saturated heterocycles. The minimum absolute atomic E-state index is 0.0305. The van der Waals surface area contributed by atoms with E-state index in [1.807, 2.05) is 19.0 Å². The number of hydrogen-bond donors (Lipinski definition) is 0. The van der Waals surface area contributed by atoms with Gasteiger partial charge in [0.2, 0.25) is 0 Å². The lowest BCUT2D eigenvalue weighted by molar-refractivity contribution is -0.138. The van der Waals surface area contributed by atoms with Crippen LogP contribution in [0.1, 0.15) is 27.3 Å². The summed E-state index contributed by atoms with van der Waals surface area (Å²) in [5.41, 5.74) is -0.263. The number of likely N-dealkylation sites (N-methyl/N-ethyl adjacent to an activating group) is 1. The van der Waals surface area contributed by atoms with Crippen LogP contribution < -0.4 is 0 Å². The Morgan fingerprint density at radius 2 is 1.72 bits per heavy atom. The molecule has 0 aliphatic carbocycles. The van der Waals surface area contributed by atoms with Crippen molar-refractivity contribution < 1.29 is 22.4 Å². The van der Waals surface area contributed by atoms with Crippen LogP contribution in [0, 0.1) is 5.82 Å². The molecular weight excluding hydrogens is 424 g/mol. The number of amides is 1. The molecule has 0 unspecified atom stereocenters. The Balaban J connectivity index is 1.85. The minimum Gasteiger partial charge on any atom is -0.330 e. The van der Waals surface area contributed by atoms with E-state index in [0.29, 0.717) is 24.5 Å². The van der Waals surface area contributed by atoms with Gasteiger partial charge in [-0.1, -0.05) is 18.2 Å². The Bertz CT molecular complexity index is 1040. The number of alkyl halides is 3. The molecule has 32 heavy (non-hydrogen) atoms. The van der Waals surface area contributed by atoms with Crippen LogP contribution in [0.3, 0.4) is 0 Å². The smallest absolute Gasteiger partial charge is 0.330 e. The first-order chi connectivity index (χ1) is 15.1. The predicted octanol–water partition coefficient (Wildman–Crippen LogP) is 4.29. The largest absolute Gasteiger partial charge is 0.416 e. The van der Waals surface area contributed by atoms with E-state index in [9.17, 15) is 22.4 Å². The second-order valence-corrected chi connectivity index (χ2v) is 7.66. The third-order valence-corrected chi connectivity index (χ3v) is 4.99. The zero-order valence-electron chi connectivity index (χ0n) is 17.8. The summed E-state index contributed by atoms with van der Waals surface area (Å²) in [6.07, 6.45) is -1.37. The monoisotopic (exact) mass is 448 g/mol. The van der Waals surface area contributed by atoms with Gasteiger partial charge in [-0.2, -0.15) is 13.2 Å². The van der Waals surface area contributed by atoms with E-state index >= 15 is 0 Å². The number of hydrogen-bond acceptors (Lipinski definition) is 3. The van der Waals surface area contributed by atoms with Crippen molar-refractivity contribution in [2.75, 3.05) is 27.2 Å². The maximum atomic E-state index is 13.4. The predicted molar refractivity (Wildman–Crippen MR) is 112 cm³/mol. The summed E-state index contributed by atoms with van der Waals surface area (Å²) in [6.45, 7) is 1.02. The number of benzene rings is 2. The number of halogens is 4. The molecule has 0 fully saturated rings. The fraction of sp³-hybridized carbons (Fsp3) is 0.304. The first kappa shape index (κ1) is 23.5. The van der Waals surface area contributed by atoms with Gasteiger partial charge in [-0.3, -0.25) is 4.79 Å². The second kappa shape index (κ2) is 9.95. The molecule has 1 aromatic heterocycles. The van der Waals surface area contributed by atoms with Gasteiger partial charge < -0.3 is 14.4 Å². The normalized spacial score (nSPS) is 11.7. The van der Waals surface area contributed by atoms with Gasteiger partial charge in [0, 0.05) is 37.6 Å². The van der Waals surface area contributed by atoms with Gasteiger partial charge in [-0.25, -0.2) is 9.37 Å². The van der Waals surface area contributed by atoms with Gasteiger partial charge in [0.15, 0.2) is 0 Å². The standard InChI is InChI=1S/C23H24F4N4O/c1-29(2)13-14-31(22(32)17-7-9-19(24)10-8-17)16-21-28-11-12-30(21)15-18-5-3-4-6-20(18)23(25,26)27/h3-12H,13-16H2,1-2H3. The summed E-state index contributed by atoms with van der Waals surface area (Å²) >= 11 is 0. The molecule has 0 bridgehead atoms. The highest BCUT2D eigenvalue weighted by Gasteiger charge is 2.33. The van der Waals surface area contributed by atoms with Gasteiger partial charge in [0.05, 0.1) is 12.1 Å². The molecular formula is C23H24F4N4O. The molecule has 0 aliphatic rings. The van der Waals surface area contributed by atoms with Crippen molar-refractivity contribution >= 4 is 5.91 Å². The van der Waals surface area contributed by atoms with Crippen LogP contribution in [0.4, 0.5) is 17.6 Å². The van der Waals surface area contributed by atoms with E-state index in [4.69, 9.17) is 0 Å². The van der Waals surface area contributed by atoms with Crippen LogP contribution in [-0.2, 0) is 19.3 Å². The van der Waals surface area contributed by atoms with Crippen molar-refractivity contribution in [1.29, 1.82) is 0 Å². The van der Waals surface area contributed by atoms with E-state index in [0.717, 1.165) is 6.07 Å². The average Bonchev–Trinajstić information content (AvgIpc) is 3.17. The number of aromatic nitrogens is 2. The Labute approximate surface area is 183 Å². The average molecular weight is 448 g/mol. The van der Waals surface area contributed by atoms with Gasteiger partial charge in [0.25, 0.3) is 5.91 Å². The van der Waals surface area contributed by atoms with Crippen LogP contribution in [0.5, 0.6) is 0 Å². The Morgan fingerprint density at radius 1 is 1.03 bits per heavy atom. The molecule has 0 spiro atoms. The Morgan fingerprint density at radius 3 is 2.38 bits per heavy atom. The second-order valence-electron chi connectivity index (χ2n) is 7.66. The van der Waals surface area contributed by atoms with E-state index in [-0.39, 0.29) is 24.6 Å². The molecule has 0 aliphatic heterocycles. The molecule has 5 nitrogen and oxygen atoms in total. The number of rotatable bonds is 8. The molecule has 9 heteroatoms. The van der Waals surface area contributed by atoms with E-state index < -0.39 is 17.6 Å². The van der Waals surface area contributed by atoms with Crippen LogP contribution in [0.15, 0.2) is 60.9 Å². The summed E-state index contributed by atoms with van der Waals surface area (Å²) < 4.78 is 55.0. The molecule has 170 valence electrons. The molecule has 3 rings (SSSR count). The van der Waals surface area contributed by atoms with E-state index in [1.54, 1.807) is 21.7 Å². The third-order valence-electron chi connectivity index (χ3n) is 4.99. The first-order valence-electron chi connectivity index (χ1n) is 10.00. The van der Waals surface area contributed by atoms with Gasteiger partial charge >= 0.3 is 6.18 Å². The molecule has 1 amide bonds. The van der Waals surface area contributed by atoms with Crippen LogP contribution in [0.25, 0.3) is 0 Å². The number of carbonyl (C=O) groups excluding carboxylic acids is 1. The van der Waals surface area contributed by atoms with Gasteiger partial charge in [0.1, 0.15) is 11.6 Å². The van der Waals surface area contributed by atoms with Crippen molar-refractivity contribution in [3.63, 3.8) is 0 Å². The fourth-order valence-electron chi connectivity index (χ4n) is 3.27. The van der Waals surface area contributed by atoms with Crippen LogP contribution in [0.2, 0.25) is 0 Å². The lowest BCUT2D eigenvalue weighted by Gasteiger charge is -2.25. The molecule has 0 N–H and O–H groups in total. The summed E-state index contributed by atoms with van der Waals surface area (Å²) in [4.78, 5) is 20.8. The molecule has 0 radical (unpaired) electrons. The van der Waals surface area contributed by atoms with Crippen LogP contribution in [-0.4, -0.2) is 52.4 Å². The molecule has 1 heterocycles. The van der Waals surface area contributed by atoms with Crippen molar-refractivity contribution in [3.8, 4) is 0 Å². The maximum Gasteiger partial charge on any atom is 0.416 e. The van der Waals surface area contributed by atoms with E-state index in [1.165, 1.54) is 42.6 Å². The van der Waals surface area contributed by atoms with E-state index in [2.05, 4.69) is 4.98 Å². The number of nitrogens with zero attached hydrogens (tertiary/aromatic N) is 4. The third kappa shape index (κ3) is 5.94. The fourth-order valence-corrected chi connectivity index (χ4v) is 3.27. The number of carbonyl (C=O) groups is 1. The highest BCUT2D eigenvalue weighted by atomic mass is 19.4. The Kier molecular flexibility index (Phi) is 7.29. The first-order valence-corrected chi connectivity index (χ1v) is 10.00. The zero-order valence-corrected chi connectivity index (χ0v) is 17.8. The highest BCUT2D eigenvalue weighted by Crippen LogP contribution is 2.32. The Hall–Kier alpha value is -3.20. The molecule has 3 aromatic rings. The highest BCUT2D eigenvalue weighted by molar-refractivity contribution is 5.94. The number of imidazole rings is 1. The topological polar surface area (TPSA) is 41.4 Å². The quantitative estimate of drug-likeness (QED) is 0.483. The maximum absolute atomic E-state index is 13.4. The zero-order chi connectivity index (χ0) is 23.3. The van der Waals surface area contributed by atoms with Crippen molar-refractivity contribution in [2.45, 2.75) is 19.3 Å². The van der Waals surface area contributed by atoms with Gasteiger partial charge in [-0.15, -0.1) is 0 Å². The summed E-state index contributed by atoms with van der Waals surface area (Å²) in [5, 5.41) is 0. The SMILES string of the molecule is CN(C)CCN(Cc1nccn1Cc1ccccc1C(F)(F)F)C(=O)c1ccc(F)cc1. The molecule has 2 aromatic carbocycles. The summed E-state index contributed by atoms with van der Waals surface area (Å²) in [6, 6.07) is 10.6. The van der Waals surface area contributed by atoms with Crippen molar-refractivity contribution in [3.05, 3.63) is 89.3 Å². The van der Waals surface area contributed by atoms with Crippen molar-refractivity contribution in [2.24, 2.45) is 0 Å². The van der Waals surface area contributed by atoms with Crippen molar-refractivity contribution in [1.82, 2.24) is 19.4 Å². The lowest BCUT2D eigenvalue weighted by Crippen LogP contribution is -2.37. The van der Waals surface area contributed by atoms with Gasteiger partial charge in [-0.05, 0) is 50.0 Å².